The van der Waals surface area contributed by atoms with Gasteiger partial charge in [-0.1, -0.05) is 12.1 Å². The predicted molar refractivity (Wildman–Crippen MR) is 110 cm³/mol. The van der Waals surface area contributed by atoms with Crippen molar-refractivity contribution in [1.82, 2.24) is 20.3 Å². The van der Waals surface area contributed by atoms with E-state index in [2.05, 4.69) is 27.2 Å². The van der Waals surface area contributed by atoms with Crippen LogP contribution in [-0.4, -0.2) is 41.0 Å². The number of hydrogen-bond donors (Lipinski definition) is 1. The number of hydrogen-bond acceptors (Lipinski definition) is 6. The summed E-state index contributed by atoms with van der Waals surface area (Å²) >= 11 is 0. The van der Waals surface area contributed by atoms with Crippen molar-refractivity contribution in [3.63, 3.8) is 0 Å². The molecule has 1 atom stereocenters. The highest BCUT2D eigenvalue weighted by Gasteiger charge is 2.32. The average Bonchev–Trinajstić information content (AvgIpc) is 3.47. The van der Waals surface area contributed by atoms with Gasteiger partial charge in [-0.2, -0.15) is 5.10 Å². The van der Waals surface area contributed by atoms with Crippen LogP contribution in [0.4, 0.5) is 0 Å². The quantitative estimate of drug-likeness (QED) is 0.642. The van der Waals surface area contributed by atoms with Crippen LogP contribution in [0.3, 0.4) is 0 Å². The van der Waals surface area contributed by atoms with E-state index in [-0.39, 0.29) is 0 Å². The SMILES string of the molecule is CCc1onc(C)c1C1CCCN1Cc1cn[nH]c1-c1ccc(OC)c(OC)c1. The van der Waals surface area contributed by atoms with Gasteiger partial charge in [0.05, 0.1) is 31.8 Å². The number of ether oxygens (including phenoxy) is 2. The van der Waals surface area contributed by atoms with E-state index in [1.807, 2.05) is 31.3 Å². The molecule has 7 heteroatoms. The molecule has 1 aromatic carbocycles. The van der Waals surface area contributed by atoms with Gasteiger partial charge in [-0.3, -0.25) is 10.00 Å². The van der Waals surface area contributed by atoms with E-state index in [4.69, 9.17) is 14.0 Å². The minimum Gasteiger partial charge on any atom is -0.493 e. The van der Waals surface area contributed by atoms with Gasteiger partial charge >= 0.3 is 0 Å². The van der Waals surface area contributed by atoms with Crippen molar-refractivity contribution in [2.24, 2.45) is 0 Å². The van der Waals surface area contributed by atoms with Crippen molar-refractivity contribution in [2.45, 2.75) is 45.7 Å². The lowest BCUT2D eigenvalue weighted by molar-refractivity contribution is 0.245. The Kier molecular flexibility index (Phi) is 5.58. The molecule has 3 aromatic rings. The number of aromatic nitrogens is 3. The highest BCUT2D eigenvalue weighted by Crippen LogP contribution is 2.38. The Morgan fingerprint density at radius 3 is 2.83 bits per heavy atom. The zero-order valence-electron chi connectivity index (χ0n) is 17.5. The average molecular weight is 396 g/mol. The molecule has 1 saturated heterocycles. The van der Waals surface area contributed by atoms with Gasteiger partial charge in [-0.15, -0.1) is 0 Å². The van der Waals surface area contributed by atoms with Crippen molar-refractivity contribution in [1.29, 1.82) is 0 Å². The van der Waals surface area contributed by atoms with Crippen LogP contribution in [0.1, 0.15) is 48.4 Å². The molecule has 1 unspecified atom stereocenters. The van der Waals surface area contributed by atoms with Crippen LogP contribution in [0.5, 0.6) is 11.5 Å². The fraction of sp³-hybridized carbons (Fsp3) is 0.455. The van der Waals surface area contributed by atoms with Crippen LogP contribution in [0, 0.1) is 6.92 Å². The summed E-state index contributed by atoms with van der Waals surface area (Å²) in [4.78, 5) is 2.51. The summed E-state index contributed by atoms with van der Waals surface area (Å²) in [5.41, 5.74) is 5.47. The molecule has 0 spiro atoms. The number of nitrogens with one attached hydrogen (secondary N) is 1. The molecule has 1 fully saturated rings. The molecule has 0 saturated carbocycles. The van der Waals surface area contributed by atoms with Crippen LogP contribution in [0.2, 0.25) is 0 Å². The fourth-order valence-electron chi connectivity index (χ4n) is 4.34. The molecule has 4 rings (SSSR count). The molecule has 0 bridgehead atoms. The molecule has 1 aliphatic rings. The molecule has 7 nitrogen and oxygen atoms in total. The van der Waals surface area contributed by atoms with Gasteiger partial charge in [0.25, 0.3) is 0 Å². The van der Waals surface area contributed by atoms with Crippen LogP contribution in [0.25, 0.3) is 11.3 Å². The maximum absolute atomic E-state index is 5.56. The summed E-state index contributed by atoms with van der Waals surface area (Å²) in [6.07, 6.45) is 5.08. The molecular formula is C22H28N4O3. The number of nitrogens with zero attached hydrogens (tertiary/aromatic N) is 3. The Bertz CT molecular complexity index is 978. The Balaban J connectivity index is 1.61. The molecule has 1 aliphatic heterocycles. The summed E-state index contributed by atoms with van der Waals surface area (Å²) in [7, 11) is 3.29. The first-order valence-corrected chi connectivity index (χ1v) is 10.1. The van der Waals surface area contributed by atoms with E-state index in [0.717, 1.165) is 54.2 Å². The number of aromatic amines is 1. The topological polar surface area (TPSA) is 76.4 Å². The highest BCUT2D eigenvalue weighted by atomic mass is 16.5. The van der Waals surface area contributed by atoms with E-state index < -0.39 is 0 Å². The zero-order valence-corrected chi connectivity index (χ0v) is 17.5. The Labute approximate surface area is 171 Å². The van der Waals surface area contributed by atoms with Crippen LogP contribution in [0.15, 0.2) is 28.9 Å². The van der Waals surface area contributed by atoms with Crippen molar-refractivity contribution in [3.8, 4) is 22.8 Å². The van der Waals surface area contributed by atoms with Crippen molar-refractivity contribution >= 4 is 0 Å². The normalized spacial score (nSPS) is 17.0. The molecule has 0 amide bonds. The van der Waals surface area contributed by atoms with E-state index >= 15 is 0 Å². The fourth-order valence-corrected chi connectivity index (χ4v) is 4.34. The highest BCUT2D eigenvalue weighted by molar-refractivity contribution is 5.66. The molecule has 29 heavy (non-hydrogen) atoms. The summed E-state index contributed by atoms with van der Waals surface area (Å²) < 4.78 is 16.4. The molecule has 1 N–H and O–H groups in total. The van der Waals surface area contributed by atoms with Crippen molar-refractivity contribution in [3.05, 3.63) is 47.0 Å². The maximum atomic E-state index is 5.56. The molecule has 2 aromatic heterocycles. The number of H-pyrrole nitrogens is 1. The first kappa shape index (κ1) is 19.5. The number of methoxy groups -OCH3 is 2. The number of rotatable bonds is 7. The van der Waals surface area contributed by atoms with Crippen molar-refractivity contribution in [2.75, 3.05) is 20.8 Å². The number of likely N-dealkylation sites (tertiary alicyclic amines) is 1. The van der Waals surface area contributed by atoms with Crippen molar-refractivity contribution < 1.29 is 14.0 Å². The van der Waals surface area contributed by atoms with Gasteiger partial charge in [0.15, 0.2) is 11.5 Å². The third-order valence-corrected chi connectivity index (χ3v) is 5.76. The minimum absolute atomic E-state index is 0.337. The third-order valence-electron chi connectivity index (χ3n) is 5.76. The smallest absolute Gasteiger partial charge is 0.161 e. The standard InChI is InChI=1S/C22H28N4O3/c1-5-18-21(14(2)25-29-18)17-7-6-10-26(17)13-16-12-23-24-22(16)15-8-9-19(27-3)20(11-15)28-4/h8-9,11-12,17H,5-7,10,13H2,1-4H3,(H,23,24). The maximum Gasteiger partial charge on any atom is 0.161 e. The largest absolute Gasteiger partial charge is 0.493 e. The summed E-state index contributed by atoms with van der Waals surface area (Å²) in [6, 6.07) is 6.27. The first-order chi connectivity index (χ1) is 14.2. The Morgan fingerprint density at radius 1 is 1.24 bits per heavy atom. The molecule has 154 valence electrons. The Morgan fingerprint density at radius 2 is 2.07 bits per heavy atom. The van der Waals surface area contributed by atoms with Gasteiger partial charge < -0.3 is 14.0 Å². The lowest BCUT2D eigenvalue weighted by Crippen LogP contribution is -2.23. The Hall–Kier alpha value is -2.80. The lowest BCUT2D eigenvalue weighted by atomic mass is 10.0. The molecular weight excluding hydrogens is 368 g/mol. The summed E-state index contributed by atoms with van der Waals surface area (Å²) in [5, 5.41) is 11.7. The minimum atomic E-state index is 0.337. The summed E-state index contributed by atoms with van der Waals surface area (Å²) in [5.74, 6) is 2.43. The van der Waals surface area contributed by atoms with Gasteiger partial charge in [-0.25, -0.2) is 0 Å². The second-order valence-corrected chi connectivity index (χ2v) is 7.43. The second kappa shape index (κ2) is 8.29. The predicted octanol–water partition coefficient (Wildman–Crippen LogP) is 4.29. The number of benzene rings is 1. The first-order valence-electron chi connectivity index (χ1n) is 10.1. The van der Waals surface area contributed by atoms with E-state index in [1.54, 1.807) is 14.2 Å². The monoisotopic (exact) mass is 396 g/mol. The van der Waals surface area contributed by atoms with Gasteiger partial charge in [0.1, 0.15) is 5.76 Å². The molecule has 3 heterocycles. The molecule has 0 radical (unpaired) electrons. The zero-order chi connectivity index (χ0) is 20.4. The lowest BCUT2D eigenvalue weighted by Gasteiger charge is -2.24. The van der Waals surface area contributed by atoms with Gasteiger partial charge in [0.2, 0.25) is 0 Å². The van der Waals surface area contributed by atoms with Gasteiger partial charge in [0, 0.05) is 35.7 Å². The van der Waals surface area contributed by atoms with Gasteiger partial charge in [-0.05, 0) is 44.5 Å². The third kappa shape index (κ3) is 3.62. The number of aryl methyl sites for hydroxylation is 2. The molecule has 0 aliphatic carbocycles. The van der Waals surface area contributed by atoms with E-state index in [1.165, 1.54) is 12.0 Å². The van der Waals surface area contributed by atoms with E-state index in [9.17, 15) is 0 Å². The van der Waals surface area contributed by atoms with Crippen LogP contribution < -0.4 is 9.47 Å². The summed E-state index contributed by atoms with van der Waals surface area (Å²) in [6.45, 7) is 6.03. The van der Waals surface area contributed by atoms with Crippen LogP contribution >= 0.6 is 0 Å². The van der Waals surface area contributed by atoms with E-state index in [0.29, 0.717) is 17.5 Å². The second-order valence-electron chi connectivity index (χ2n) is 7.43. The van der Waals surface area contributed by atoms with Crippen LogP contribution in [-0.2, 0) is 13.0 Å².